The minimum atomic E-state index is -0.649. The van der Waals surface area contributed by atoms with Gasteiger partial charge in [-0.1, -0.05) is 24.3 Å². The fourth-order valence-electron chi connectivity index (χ4n) is 4.41. The zero-order valence-electron chi connectivity index (χ0n) is 20.6. The van der Waals surface area contributed by atoms with E-state index < -0.39 is 18.2 Å². The van der Waals surface area contributed by atoms with Crippen molar-refractivity contribution in [3.8, 4) is 22.9 Å². The number of aryl methyl sites for hydroxylation is 1. The Kier molecular flexibility index (Phi) is 7.19. The number of halogens is 2. The number of hydrogen-bond acceptors (Lipinski definition) is 5. The minimum Gasteiger partial charge on any atom is -0.469 e. The lowest BCUT2D eigenvalue weighted by Crippen LogP contribution is -2.02. The van der Waals surface area contributed by atoms with Gasteiger partial charge in [-0.2, -0.15) is 0 Å². The molecule has 38 heavy (non-hydrogen) atoms. The summed E-state index contributed by atoms with van der Waals surface area (Å²) in [6, 6.07) is 14.9. The number of nitrogens with one attached hydrogen (secondary N) is 2. The Hall–Kier alpha value is -4.50. The van der Waals surface area contributed by atoms with E-state index in [1.54, 1.807) is 18.5 Å². The fourth-order valence-corrected chi connectivity index (χ4v) is 4.41. The van der Waals surface area contributed by atoms with E-state index in [-0.39, 0.29) is 23.0 Å². The van der Waals surface area contributed by atoms with E-state index in [1.165, 1.54) is 31.4 Å². The molecule has 9 heteroatoms. The van der Waals surface area contributed by atoms with Crippen LogP contribution in [0.25, 0.3) is 22.3 Å². The molecule has 2 heterocycles. The van der Waals surface area contributed by atoms with Gasteiger partial charge in [0.2, 0.25) is 0 Å². The van der Waals surface area contributed by atoms with Crippen LogP contribution in [0, 0.1) is 11.6 Å². The van der Waals surface area contributed by atoms with Gasteiger partial charge in [0.1, 0.15) is 17.4 Å². The molecule has 5 rings (SSSR count). The molecule has 3 aromatic carbocycles. The molecule has 7 nitrogen and oxygen atoms in total. The number of esters is 1. The molecular weight excluding hydrogens is 492 g/mol. The first-order chi connectivity index (χ1) is 18.4. The number of aliphatic hydroxyl groups is 1. The fraction of sp³-hybridized carbons (Fsp3) is 0.172. The first-order valence-corrected chi connectivity index (χ1v) is 12.0. The van der Waals surface area contributed by atoms with Crippen molar-refractivity contribution in [3.63, 3.8) is 0 Å². The van der Waals surface area contributed by atoms with Gasteiger partial charge in [0.15, 0.2) is 11.6 Å². The highest BCUT2D eigenvalue weighted by Gasteiger charge is 2.18. The molecule has 194 valence electrons. The second kappa shape index (κ2) is 10.9. The predicted molar refractivity (Wildman–Crippen MR) is 138 cm³/mol. The quantitative estimate of drug-likeness (QED) is 0.214. The van der Waals surface area contributed by atoms with Crippen LogP contribution >= 0.6 is 0 Å². The lowest BCUT2D eigenvalue weighted by atomic mass is 10.0. The molecule has 0 atom stereocenters. The van der Waals surface area contributed by atoms with E-state index in [2.05, 4.69) is 15.0 Å². The van der Waals surface area contributed by atoms with Gasteiger partial charge in [0, 0.05) is 53.5 Å². The Balaban J connectivity index is 1.36. The van der Waals surface area contributed by atoms with E-state index in [9.17, 15) is 18.7 Å². The lowest BCUT2D eigenvalue weighted by molar-refractivity contribution is -0.140. The first-order valence-electron chi connectivity index (χ1n) is 12.0. The summed E-state index contributed by atoms with van der Waals surface area (Å²) in [5.74, 6) is -1.06. The van der Waals surface area contributed by atoms with Gasteiger partial charge in [-0.3, -0.25) is 4.79 Å². The molecule has 0 aliphatic carbocycles. The van der Waals surface area contributed by atoms with Crippen molar-refractivity contribution in [2.45, 2.75) is 25.9 Å². The van der Waals surface area contributed by atoms with Crippen molar-refractivity contribution in [3.05, 3.63) is 101 Å². The molecule has 0 aliphatic rings. The molecule has 0 spiro atoms. The third-order valence-corrected chi connectivity index (χ3v) is 6.30. The number of aromatic amines is 2. The number of benzene rings is 3. The van der Waals surface area contributed by atoms with Crippen molar-refractivity contribution in [1.29, 1.82) is 0 Å². The number of methoxy groups -OCH3 is 1. The van der Waals surface area contributed by atoms with Gasteiger partial charge >= 0.3 is 5.97 Å². The summed E-state index contributed by atoms with van der Waals surface area (Å²) < 4.78 is 40.1. The van der Waals surface area contributed by atoms with Crippen LogP contribution in [0.2, 0.25) is 0 Å². The summed E-state index contributed by atoms with van der Waals surface area (Å²) in [7, 11) is 1.37. The highest BCUT2D eigenvalue weighted by Crippen LogP contribution is 2.36. The number of rotatable bonds is 9. The van der Waals surface area contributed by atoms with E-state index in [1.807, 2.05) is 24.3 Å². The highest BCUT2D eigenvalue weighted by atomic mass is 19.1. The average Bonchev–Trinajstić information content (AvgIpc) is 3.58. The Morgan fingerprint density at radius 1 is 1.05 bits per heavy atom. The molecule has 5 aromatic rings. The molecule has 0 radical (unpaired) electrons. The maximum Gasteiger partial charge on any atom is 0.305 e. The van der Waals surface area contributed by atoms with Crippen LogP contribution in [0.15, 0.2) is 67.0 Å². The SMILES string of the molecule is COC(=O)CCc1cccc(Cc2cnc(-c3cc(Oc4c(F)cc5[nH]ccc5c4CO)ccc3F)[nH]2)c1. The summed E-state index contributed by atoms with van der Waals surface area (Å²) in [6.07, 6.45) is 4.68. The van der Waals surface area contributed by atoms with Gasteiger partial charge in [0.25, 0.3) is 0 Å². The van der Waals surface area contributed by atoms with Crippen LogP contribution in [0.3, 0.4) is 0 Å². The number of ether oxygens (including phenoxy) is 2. The van der Waals surface area contributed by atoms with Crippen LogP contribution in [-0.2, 0) is 29.0 Å². The topological polar surface area (TPSA) is 100 Å². The van der Waals surface area contributed by atoms with E-state index in [0.717, 1.165) is 16.8 Å². The number of nitrogens with zero attached hydrogens (tertiary/aromatic N) is 1. The molecule has 0 saturated heterocycles. The van der Waals surface area contributed by atoms with Gasteiger partial charge in [-0.25, -0.2) is 13.8 Å². The van der Waals surface area contributed by atoms with Crippen molar-refractivity contribution in [1.82, 2.24) is 15.0 Å². The molecule has 0 unspecified atom stereocenters. The summed E-state index contributed by atoms with van der Waals surface area (Å²) in [5, 5.41) is 10.5. The number of carbonyl (C=O) groups excluding carboxylic acids is 1. The number of H-pyrrole nitrogens is 2. The first kappa shape index (κ1) is 25.2. The molecule has 2 aromatic heterocycles. The number of hydrogen-bond donors (Lipinski definition) is 3. The Morgan fingerprint density at radius 3 is 2.71 bits per heavy atom. The number of aliphatic hydroxyl groups excluding tert-OH is 1. The van der Waals surface area contributed by atoms with Crippen LogP contribution in [-0.4, -0.2) is 33.1 Å². The molecular formula is C29H25F2N3O4. The van der Waals surface area contributed by atoms with E-state index >= 15 is 0 Å². The van der Waals surface area contributed by atoms with Crippen LogP contribution < -0.4 is 4.74 Å². The van der Waals surface area contributed by atoms with Crippen molar-refractivity contribution in [2.75, 3.05) is 7.11 Å². The monoisotopic (exact) mass is 517 g/mol. The molecule has 0 fully saturated rings. The molecule has 3 N–H and O–H groups in total. The number of fused-ring (bicyclic) bond motifs is 1. The minimum absolute atomic E-state index is 0.121. The van der Waals surface area contributed by atoms with Crippen LogP contribution in [0.1, 0.15) is 28.8 Å². The Bertz CT molecular complexity index is 1610. The molecule has 0 saturated carbocycles. The molecule has 0 aliphatic heterocycles. The molecule has 0 amide bonds. The summed E-state index contributed by atoms with van der Waals surface area (Å²) >= 11 is 0. The Labute approximate surface area is 217 Å². The smallest absolute Gasteiger partial charge is 0.305 e. The largest absolute Gasteiger partial charge is 0.469 e. The summed E-state index contributed by atoms with van der Waals surface area (Å²) in [5.41, 5.74) is 3.77. The van der Waals surface area contributed by atoms with Crippen molar-refractivity contribution >= 4 is 16.9 Å². The maximum absolute atomic E-state index is 14.8. The number of carbonyl (C=O) groups is 1. The van der Waals surface area contributed by atoms with E-state index in [4.69, 9.17) is 9.47 Å². The average molecular weight is 518 g/mol. The van der Waals surface area contributed by atoms with Crippen molar-refractivity contribution in [2.24, 2.45) is 0 Å². The van der Waals surface area contributed by atoms with Gasteiger partial charge in [-0.05, 0) is 41.8 Å². The third-order valence-electron chi connectivity index (χ3n) is 6.30. The lowest BCUT2D eigenvalue weighted by Gasteiger charge is -2.13. The Morgan fingerprint density at radius 2 is 1.89 bits per heavy atom. The number of aromatic nitrogens is 3. The molecule has 0 bridgehead atoms. The van der Waals surface area contributed by atoms with Crippen LogP contribution in [0.5, 0.6) is 11.5 Å². The second-order valence-electron chi connectivity index (χ2n) is 8.84. The van der Waals surface area contributed by atoms with Gasteiger partial charge < -0.3 is 24.5 Å². The van der Waals surface area contributed by atoms with Gasteiger partial charge in [0.05, 0.1) is 19.3 Å². The van der Waals surface area contributed by atoms with E-state index in [0.29, 0.717) is 41.6 Å². The zero-order chi connectivity index (χ0) is 26.6. The normalized spacial score (nSPS) is 11.2. The summed E-state index contributed by atoms with van der Waals surface area (Å²) in [4.78, 5) is 21.8. The number of imidazole rings is 1. The highest BCUT2D eigenvalue weighted by molar-refractivity contribution is 5.85. The standard InChI is InChI=1S/C29H25F2N3O4/c1-37-27(36)8-5-17-3-2-4-18(11-17)12-19-15-33-29(34-19)22-13-20(6-7-24(22)30)38-28-23(16-35)21-9-10-32-26(21)14-25(28)31/h2-4,6-7,9-11,13-15,32,35H,5,8,12,16H2,1H3,(H,33,34). The zero-order valence-corrected chi connectivity index (χ0v) is 20.6. The third kappa shape index (κ3) is 5.28. The second-order valence-corrected chi connectivity index (χ2v) is 8.84. The van der Waals surface area contributed by atoms with Gasteiger partial charge in [-0.15, -0.1) is 0 Å². The van der Waals surface area contributed by atoms with Crippen LogP contribution in [0.4, 0.5) is 8.78 Å². The predicted octanol–water partition coefficient (Wildman–Crippen LogP) is 5.82. The maximum atomic E-state index is 14.8. The van der Waals surface area contributed by atoms with Crippen molar-refractivity contribution < 1.29 is 28.2 Å². The summed E-state index contributed by atoms with van der Waals surface area (Å²) in [6.45, 7) is -0.430.